The lowest BCUT2D eigenvalue weighted by Gasteiger charge is -2.11. The normalized spacial score (nSPS) is 10.8. The standard InChI is InChI=1S/C17H14Cl2FN5O/c1-25-8-10(6-24-25)9-4-11(16(21)22-5-9)17(26)23-7-12-14(20)3-2-13(18)15(12)19/h2-6,8H,7H2,1H3,(H2,21,22)(H,23,26). The number of nitrogen functional groups attached to an aromatic ring is 1. The van der Waals surface area contributed by atoms with E-state index in [1.807, 2.05) is 0 Å². The second-order valence-electron chi connectivity index (χ2n) is 5.56. The van der Waals surface area contributed by atoms with E-state index in [1.165, 1.54) is 12.1 Å². The van der Waals surface area contributed by atoms with Gasteiger partial charge in [-0.05, 0) is 18.2 Å². The van der Waals surface area contributed by atoms with Crippen molar-refractivity contribution in [1.29, 1.82) is 0 Å². The van der Waals surface area contributed by atoms with Gasteiger partial charge in [-0.1, -0.05) is 23.2 Å². The van der Waals surface area contributed by atoms with E-state index in [9.17, 15) is 9.18 Å². The van der Waals surface area contributed by atoms with Crippen LogP contribution in [0.1, 0.15) is 15.9 Å². The number of nitrogens with one attached hydrogen (secondary N) is 1. The zero-order valence-corrected chi connectivity index (χ0v) is 15.1. The first-order valence-corrected chi connectivity index (χ1v) is 8.27. The Bertz CT molecular complexity index is 989. The van der Waals surface area contributed by atoms with Gasteiger partial charge < -0.3 is 11.1 Å². The van der Waals surface area contributed by atoms with E-state index < -0.39 is 11.7 Å². The highest BCUT2D eigenvalue weighted by Crippen LogP contribution is 2.28. The number of aromatic nitrogens is 3. The molecule has 9 heteroatoms. The van der Waals surface area contributed by atoms with E-state index in [4.69, 9.17) is 28.9 Å². The van der Waals surface area contributed by atoms with Crippen LogP contribution in [-0.4, -0.2) is 20.7 Å². The van der Waals surface area contributed by atoms with E-state index in [0.717, 1.165) is 5.56 Å². The van der Waals surface area contributed by atoms with Gasteiger partial charge in [0.05, 0.1) is 21.8 Å². The molecule has 0 atom stereocenters. The maximum Gasteiger partial charge on any atom is 0.255 e. The number of halogens is 3. The van der Waals surface area contributed by atoms with Crippen LogP contribution in [-0.2, 0) is 13.6 Å². The molecule has 3 N–H and O–H groups in total. The summed E-state index contributed by atoms with van der Waals surface area (Å²) in [5.41, 5.74) is 7.56. The predicted octanol–water partition coefficient (Wildman–Crippen LogP) is 3.44. The average molecular weight is 394 g/mol. The van der Waals surface area contributed by atoms with Gasteiger partial charge in [0.2, 0.25) is 0 Å². The molecule has 2 heterocycles. The third-order valence-electron chi connectivity index (χ3n) is 3.77. The minimum Gasteiger partial charge on any atom is -0.383 e. The molecule has 0 aliphatic heterocycles. The topological polar surface area (TPSA) is 85.8 Å². The van der Waals surface area contributed by atoms with E-state index in [1.54, 1.807) is 36.4 Å². The van der Waals surface area contributed by atoms with Crippen molar-refractivity contribution < 1.29 is 9.18 Å². The summed E-state index contributed by atoms with van der Waals surface area (Å²) < 4.78 is 15.5. The van der Waals surface area contributed by atoms with Crippen LogP contribution >= 0.6 is 23.2 Å². The van der Waals surface area contributed by atoms with Gasteiger partial charge in [0.25, 0.3) is 5.91 Å². The number of pyridine rings is 1. The van der Waals surface area contributed by atoms with Crippen LogP contribution in [0.4, 0.5) is 10.2 Å². The highest BCUT2D eigenvalue weighted by molar-refractivity contribution is 6.42. The largest absolute Gasteiger partial charge is 0.383 e. The number of anilines is 1. The average Bonchev–Trinajstić information content (AvgIpc) is 3.05. The number of benzene rings is 1. The quantitative estimate of drug-likeness (QED) is 0.664. The number of hydrogen-bond acceptors (Lipinski definition) is 4. The van der Waals surface area contributed by atoms with Crippen LogP contribution in [0, 0.1) is 5.82 Å². The molecule has 134 valence electrons. The molecule has 1 amide bonds. The smallest absolute Gasteiger partial charge is 0.255 e. The Kier molecular flexibility index (Phi) is 5.11. The lowest BCUT2D eigenvalue weighted by Crippen LogP contribution is -2.25. The van der Waals surface area contributed by atoms with Gasteiger partial charge in [0.15, 0.2) is 0 Å². The second kappa shape index (κ2) is 7.31. The second-order valence-corrected chi connectivity index (χ2v) is 6.35. The third kappa shape index (κ3) is 3.63. The molecule has 0 aliphatic rings. The van der Waals surface area contributed by atoms with E-state index in [2.05, 4.69) is 15.4 Å². The van der Waals surface area contributed by atoms with E-state index >= 15 is 0 Å². The molecule has 0 aliphatic carbocycles. The van der Waals surface area contributed by atoms with Crippen molar-refractivity contribution in [3.05, 3.63) is 63.8 Å². The zero-order chi connectivity index (χ0) is 18.8. The molecular formula is C17H14Cl2FN5O. The number of nitrogens with zero attached hydrogens (tertiary/aromatic N) is 3. The Labute approximate surface area is 158 Å². The first kappa shape index (κ1) is 18.2. The predicted molar refractivity (Wildman–Crippen MR) is 98.4 cm³/mol. The Hall–Kier alpha value is -2.64. The molecule has 6 nitrogen and oxygen atoms in total. The van der Waals surface area contributed by atoms with Crippen LogP contribution in [0.5, 0.6) is 0 Å². The summed E-state index contributed by atoms with van der Waals surface area (Å²) in [7, 11) is 1.78. The van der Waals surface area contributed by atoms with Gasteiger partial charge in [-0.2, -0.15) is 5.10 Å². The van der Waals surface area contributed by atoms with Crippen LogP contribution < -0.4 is 11.1 Å². The van der Waals surface area contributed by atoms with Gasteiger partial charge in [-0.25, -0.2) is 9.37 Å². The fraction of sp³-hybridized carbons (Fsp3) is 0.118. The number of hydrogen-bond donors (Lipinski definition) is 2. The van der Waals surface area contributed by atoms with Crippen molar-refractivity contribution in [2.75, 3.05) is 5.73 Å². The lowest BCUT2D eigenvalue weighted by molar-refractivity contribution is 0.0951. The van der Waals surface area contributed by atoms with Gasteiger partial charge in [-0.3, -0.25) is 9.48 Å². The molecule has 3 rings (SSSR count). The molecule has 0 bridgehead atoms. The van der Waals surface area contributed by atoms with Crippen molar-refractivity contribution in [2.24, 2.45) is 7.05 Å². The highest BCUT2D eigenvalue weighted by Gasteiger charge is 2.16. The summed E-state index contributed by atoms with van der Waals surface area (Å²) in [6, 6.07) is 4.14. The molecule has 0 saturated carbocycles. The summed E-state index contributed by atoms with van der Waals surface area (Å²) in [6.07, 6.45) is 4.99. The molecule has 1 aromatic carbocycles. The highest BCUT2D eigenvalue weighted by atomic mass is 35.5. The van der Waals surface area contributed by atoms with Crippen molar-refractivity contribution in [3.8, 4) is 11.1 Å². The van der Waals surface area contributed by atoms with Crippen molar-refractivity contribution in [2.45, 2.75) is 6.54 Å². The summed E-state index contributed by atoms with van der Waals surface area (Å²) in [5, 5.41) is 6.93. The van der Waals surface area contributed by atoms with Crippen molar-refractivity contribution in [1.82, 2.24) is 20.1 Å². The van der Waals surface area contributed by atoms with Gasteiger partial charge in [-0.15, -0.1) is 0 Å². The lowest BCUT2D eigenvalue weighted by atomic mass is 10.1. The molecule has 2 aromatic heterocycles. The summed E-state index contributed by atoms with van der Waals surface area (Å²) in [6.45, 7) is -0.138. The minimum absolute atomic E-state index is 0.0576. The zero-order valence-electron chi connectivity index (χ0n) is 13.6. The number of aryl methyl sites for hydroxylation is 1. The first-order chi connectivity index (χ1) is 12.4. The maximum absolute atomic E-state index is 13.9. The van der Waals surface area contributed by atoms with Gasteiger partial charge >= 0.3 is 0 Å². The molecule has 0 unspecified atom stereocenters. The van der Waals surface area contributed by atoms with Crippen molar-refractivity contribution in [3.63, 3.8) is 0 Å². The number of carbonyl (C=O) groups is 1. The number of amides is 1. The van der Waals surface area contributed by atoms with Crippen LogP contribution in [0.15, 0.2) is 36.8 Å². The monoisotopic (exact) mass is 393 g/mol. The molecule has 0 spiro atoms. The Morgan fingerprint density at radius 1 is 1.31 bits per heavy atom. The fourth-order valence-electron chi connectivity index (χ4n) is 2.38. The Morgan fingerprint density at radius 2 is 2.08 bits per heavy atom. The Morgan fingerprint density at radius 3 is 2.77 bits per heavy atom. The number of nitrogens with two attached hydrogens (primary N) is 1. The van der Waals surface area contributed by atoms with Gasteiger partial charge in [0, 0.05) is 42.7 Å². The molecular weight excluding hydrogens is 380 g/mol. The molecule has 3 aromatic rings. The fourth-order valence-corrected chi connectivity index (χ4v) is 2.78. The number of rotatable bonds is 4. The van der Waals surface area contributed by atoms with Crippen LogP contribution in [0.3, 0.4) is 0 Å². The molecule has 0 radical (unpaired) electrons. The third-order valence-corrected chi connectivity index (χ3v) is 4.61. The summed E-state index contributed by atoms with van der Waals surface area (Å²) in [5.74, 6) is -1.00. The maximum atomic E-state index is 13.9. The molecule has 0 fully saturated rings. The van der Waals surface area contributed by atoms with E-state index in [-0.39, 0.29) is 33.5 Å². The van der Waals surface area contributed by atoms with Crippen LogP contribution in [0.2, 0.25) is 10.0 Å². The minimum atomic E-state index is -0.560. The Balaban J connectivity index is 1.83. The van der Waals surface area contributed by atoms with Crippen LogP contribution in [0.25, 0.3) is 11.1 Å². The van der Waals surface area contributed by atoms with E-state index in [0.29, 0.717) is 5.56 Å². The molecule has 0 saturated heterocycles. The first-order valence-electron chi connectivity index (χ1n) is 7.52. The summed E-state index contributed by atoms with van der Waals surface area (Å²) in [4.78, 5) is 16.5. The van der Waals surface area contributed by atoms with Gasteiger partial charge in [0.1, 0.15) is 11.6 Å². The molecule has 26 heavy (non-hydrogen) atoms. The van der Waals surface area contributed by atoms with Crippen molar-refractivity contribution >= 4 is 34.9 Å². The SMILES string of the molecule is Cn1cc(-c2cnc(N)c(C(=O)NCc3c(F)ccc(Cl)c3Cl)c2)cn1. The number of carbonyl (C=O) groups excluding carboxylic acids is 1. The summed E-state index contributed by atoms with van der Waals surface area (Å²) >= 11 is 11.9.